The Labute approximate surface area is 276 Å². The van der Waals surface area contributed by atoms with Crippen LogP contribution in [-0.4, -0.2) is 53.8 Å². The number of fused-ring (bicyclic) bond motifs is 1. The quantitative estimate of drug-likeness (QED) is 0.0550. The first-order chi connectivity index (χ1) is 21.4. The highest BCUT2D eigenvalue weighted by Gasteiger charge is 2.16. The average molecular weight is 710 g/mol. The second-order valence-electron chi connectivity index (χ2n) is 9.66. The molecule has 0 saturated heterocycles. The molecule has 0 aliphatic carbocycles. The maximum atomic E-state index is 11.1. The highest BCUT2D eigenvalue weighted by molar-refractivity contribution is 7.99. The molecule has 0 atom stereocenters. The molecule has 11 nitrogen and oxygen atoms in total. The molecule has 6 N–H and O–H groups in total. The van der Waals surface area contributed by atoms with Gasteiger partial charge in [0.15, 0.2) is 0 Å². The van der Waals surface area contributed by atoms with E-state index in [9.17, 15) is 26.4 Å². The number of anilines is 1. The van der Waals surface area contributed by atoms with Gasteiger partial charge >= 0.3 is 11.9 Å². The molecular weight excluding hydrogens is 678 g/mol. The summed E-state index contributed by atoms with van der Waals surface area (Å²) in [5.74, 6) is -1.69. The number of nitrogen functional groups attached to an aromatic ring is 1. The van der Waals surface area contributed by atoms with Crippen LogP contribution in [0.15, 0.2) is 94.2 Å². The van der Waals surface area contributed by atoms with Crippen molar-refractivity contribution in [1.29, 1.82) is 0 Å². The Morgan fingerprint density at radius 3 is 2.15 bits per heavy atom. The van der Waals surface area contributed by atoms with Crippen LogP contribution in [0.25, 0.3) is 16.8 Å². The molecule has 246 valence electrons. The molecule has 0 spiro atoms. The van der Waals surface area contributed by atoms with Gasteiger partial charge in [0.1, 0.15) is 5.75 Å². The third kappa shape index (κ3) is 13.2. The Morgan fingerprint density at radius 2 is 1.59 bits per heavy atom. The van der Waals surface area contributed by atoms with Gasteiger partial charge in [0.2, 0.25) is 0 Å². The van der Waals surface area contributed by atoms with Crippen LogP contribution >= 0.6 is 23.4 Å². The monoisotopic (exact) mass is 709 g/mol. The fourth-order valence-corrected chi connectivity index (χ4v) is 6.14. The number of aryl methyl sites for hydroxylation is 1. The molecule has 0 saturated carbocycles. The molecule has 0 bridgehead atoms. The van der Waals surface area contributed by atoms with Gasteiger partial charge in [-0.1, -0.05) is 54.1 Å². The van der Waals surface area contributed by atoms with E-state index in [-0.39, 0.29) is 22.6 Å². The molecule has 4 rings (SSSR count). The third-order valence-electron chi connectivity index (χ3n) is 6.00. The summed E-state index contributed by atoms with van der Waals surface area (Å²) in [7, 11) is -8.63. The summed E-state index contributed by atoms with van der Waals surface area (Å²) in [4.78, 5) is 21.6. The fourth-order valence-electron chi connectivity index (χ4n) is 3.77. The summed E-state index contributed by atoms with van der Waals surface area (Å²) in [5.41, 5.74) is 8.31. The Balaban J connectivity index is 0.000000250. The molecular formula is C31H32ClNO10S3. The van der Waals surface area contributed by atoms with Crippen molar-refractivity contribution < 1.29 is 45.7 Å². The van der Waals surface area contributed by atoms with Crippen molar-refractivity contribution in [1.82, 2.24) is 0 Å². The molecule has 0 unspecified atom stereocenters. The van der Waals surface area contributed by atoms with Gasteiger partial charge in [0.05, 0.1) is 11.3 Å². The zero-order valence-electron chi connectivity index (χ0n) is 24.6. The Kier molecular flexibility index (Phi) is 14.2. The van der Waals surface area contributed by atoms with Gasteiger partial charge in [0, 0.05) is 32.5 Å². The minimum absolute atomic E-state index is 0.162. The SMILES string of the molecule is CC(=Cc1cccc(Cl)c1)C(=O)O.Cc1ccccc1SCCC(=O)O.Nc1ccc2cc(S(=O)(=O)O)ccc2c1CS(=O)(=O)O. The molecule has 0 aliphatic heterocycles. The molecule has 4 aromatic rings. The number of carboxylic acid groups (broad SMARTS) is 2. The number of hydrogen-bond acceptors (Lipinski definition) is 8. The van der Waals surface area contributed by atoms with Crippen LogP contribution in [0.3, 0.4) is 0 Å². The summed E-state index contributed by atoms with van der Waals surface area (Å²) >= 11 is 7.33. The molecule has 15 heteroatoms. The number of aliphatic carboxylic acids is 2. The van der Waals surface area contributed by atoms with Crippen LogP contribution in [0, 0.1) is 6.92 Å². The largest absolute Gasteiger partial charge is 0.481 e. The van der Waals surface area contributed by atoms with Crippen LogP contribution in [0.4, 0.5) is 5.69 Å². The van der Waals surface area contributed by atoms with E-state index >= 15 is 0 Å². The number of carboxylic acids is 2. The Morgan fingerprint density at radius 1 is 0.913 bits per heavy atom. The number of nitrogens with two attached hydrogens (primary N) is 1. The number of halogens is 1. The van der Waals surface area contributed by atoms with E-state index in [1.54, 1.807) is 49.0 Å². The molecule has 0 heterocycles. The van der Waals surface area contributed by atoms with Crippen molar-refractivity contribution >= 4 is 78.1 Å². The van der Waals surface area contributed by atoms with E-state index in [4.69, 9.17) is 36.7 Å². The lowest BCUT2D eigenvalue weighted by Gasteiger charge is -2.09. The number of thioether (sulfide) groups is 1. The number of carbonyl (C=O) groups is 2. The predicted molar refractivity (Wildman–Crippen MR) is 180 cm³/mol. The fraction of sp³-hybridized carbons (Fsp3) is 0.161. The first kappa shape index (κ1) is 38.3. The van der Waals surface area contributed by atoms with Gasteiger partial charge in [-0.15, -0.1) is 11.8 Å². The zero-order valence-corrected chi connectivity index (χ0v) is 27.8. The van der Waals surface area contributed by atoms with Crippen LogP contribution in [0.2, 0.25) is 5.02 Å². The first-order valence-electron chi connectivity index (χ1n) is 13.2. The van der Waals surface area contributed by atoms with Crippen LogP contribution < -0.4 is 5.73 Å². The predicted octanol–water partition coefficient (Wildman–Crippen LogP) is 6.45. The molecule has 0 fully saturated rings. The Bertz CT molecular complexity index is 1960. The normalized spacial score (nSPS) is 11.5. The van der Waals surface area contributed by atoms with Crippen LogP contribution in [0.5, 0.6) is 0 Å². The topological polar surface area (TPSA) is 209 Å². The van der Waals surface area contributed by atoms with E-state index < -0.39 is 37.9 Å². The van der Waals surface area contributed by atoms with Crippen LogP contribution in [-0.2, 0) is 35.6 Å². The van der Waals surface area contributed by atoms with Crippen molar-refractivity contribution in [3.05, 3.63) is 106 Å². The van der Waals surface area contributed by atoms with Gasteiger partial charge in [-0.2, -0.15) is 16.8 Å². The van der Waals surface area contributed by atoms with Gasteiger partial charge in [-0.25, -0.2) is 4.79 Å². The molecule has 46 heavy (non-hydrogen) atoms. The standard InChI is InChI=1S/C11H11NO6S2.C10H9ClO2.C10H12O2S/c12-11-4-1-7-5-8(20(16,17)18)2-3-9(7)10(11)6-19(13,14)15;1-7(10(12)13)5-8-3-2-4-9(11)6-8;1-8-4-2-3-5-9(8)13-7-6-10(11)12/h1-5H,6,12H2,(H,13,14,15)(H,16,17,18);2-6H,1H3,(H,12,13);2-5H,6-7H2,1H3,(H,11,12). The number of rotatable bonds is 9. The molecule has 0 aromatic heterocycles. The van der Waals surface area contributed by atoms with Crippen molar-refractivity contribution in [2.45, 2.75) is 35.8 Å². The van der Waals surface area contributed by atoms with Crippen LogP contribution in [0.1, 0.15) is 30.0 Å². The molecule has 4 aromatic carbocycles. The summed E-state index contributed by atoms with van der Waals surface area (Å²) in [6.07, 6.45) is 1.80. The number of hydrogen-bond donors (Lipinski definition) is 5. The zero-order chi connectivity index (χ0) is 34.7. The molecule has 0 radical (unpaired) electrons. The lowest BCUT2D eigenvalue weighted by Crippen LogP contribution is -2.06. The van der Waals surface area contributed by atoms with E-state index in [1.807, 2.05) is 31.2 Å². The summed E-state index contributed by atoms with van der Waals surface area (Å²) < 4.78 is 62.0. The van der Waals surface area contributed by atoms with Crippen molar-refractivity contribution in [3.63, 3.8) is 0 Å². The maximum Gasteiger partial charge on any atom is 0.331 e. The maximum absolute atomic E-state index is 11.1. The second kappa shape index (κ2) is 17.1. The highest BCUT2D eigenvalue weighted by atomic mass is 35.5. The smallest absolute Gasteiger partial charge is 0.331 e. The van der Waals surface area contributed by atoms with Gasteiger partial charge < -0.3 is 15.9 Å². The van der Waals surface area contributed by atoms with Gasteiger partial charge in [-0.05, 0) is 78.2 Å². The van der Waals surface area contributed by atoms with Crippen molar-refractivity contribution in [2.75, 3.05) is 11.5 Å². The molecule has 0 amide bonds. The van der Waals surface area contributed by atoms with E-state index in [1.165, 1.54) is 34.7 Å². The first-order valence-corrected chi connectivity index (χ1v) is 17.6. The third-order valence-corrected chi connectivity index (χ3v) is 8.92. The number of benzene rings is 4. The lowest BCUT2D eigenvalue weighted by atomic mass is 10.0. The average Bonchev–Trinajstić information content (AvgIpc) is 2.95. The highest BCUT2D eigenvalue weighted by Crippen LogP contribution is 2.28. The summed E-state index contributed by atoms with van der Waals surface area (Å²) in [5, 5.41) is 18.4. The van der Waals surface area contributed by atoms with E-state index in [0.717, 1.165) is 11.6 Å². The second-order valence-corrected chi connectivity index (χ2v) is 14.1. The van der Waals surface area contributed by atoms with Crippen molar-refractivity contribution in [3.8, 4) is 0 Å². The Hall–Kier alpha value is -3.92. The minimum atomic E-state index is -4.35. The van der Waals surface area contributed by atoms with Gasteiger partial charge in [-0.3, -0.25) is 13.9 Å². The van der Waals surface area contributed by atoms with Gasteiger partial charge in [0.25, 0.3) is 20.2 Å². The summed E-state index contributed by atoms with van der Waals surface area (Å²) in [6, 6.07) is 21.6. The lowest BCUT2D eigenvalue weighted by molar-refractivity contribution is -0.136. The van der Waals surface area contributed by atoms with E-state index in [0.29, 0.717) is 27.1 Å². The molecule has 0 aliphatic rings. The minimum Gasteiger partial charge on any atom is -0.481 e. The summed E-state index contributed by atoms with van der Waals surface area (Å²) in [6.45, 7) is 3.58. The van der Waals surface area contributed by atoms with Crippen molar-refractivity contribution in [2.24, 2.45) is 0 Å². The van der Waals surface area contributed by atoms with E-state index in [2.05, 4.69) is 0 Å².